The van der Waals surface area contributed by atoms with Crippen molar-refractivity contribution >= 4 is 5.69 Å². The van der Waals surface area contributed by atoms with Crippen LogP contribution in [0.15, 0.2) is 42.6 Å². The molecule has 2 aromatic rings. The van der Waals surface area contributed by atoms with Crippen LogP contribution in [0, 0.1) is 6.92 Å². The molecule has 0 bridgehead atoms. The molecular weight excluding hydrogens is 222 g/mol. The van der Waals surface area contributed by atoms with Crippen molar-refractivity contribution in [1.29, 1.82) is 0 Å². The van der Waals surface area contributed by atoms with Gasteiger partial charge in [0.1, 0.15) is 0 Å². The van der Waals surface area contributed by atoms with Gasteiger partial charge in [-0.05, 0) is 36.2 Å². The maximum Gasteiger partial charge on any atom is 0.0542 e. The van der Waals surface area contributed by atoms with E-state index >= 15 is 0 Å². The first-order valence-corrected chi connectivity index (χ1v) is 6.11. The molecule has 0 spiro atoms. The fourth-order valence-corrected chi connectivity index (χ4v) is 2.09. The molecule has 0 aliphatic carbocycles. The van der Waals surface area contributed by atoms with Crippen molar-refractivity contribution in [1.82, 2.24) is 4.98 Å². The Bertz CT molecular complexity index is 523. The van der Waals surface area contributed by atoms with E-state index in [4.69, 9.17) is 5.73 Å². The number of aryl methyl sites for hydroxylation is 1. The Labute approximate surface area is 108 Å². The van der Waals surface area contributed by atoms with E-state index in [1.165, 1.54) is 16.8 Å². The zero-order valence-corrected chi connectivity index (χ0v) is 10.9. The topological polar surface area (TPSA) is 42.2 Å². The number of hydrogen-bond donors (Lipinski definition) is 1. The van der Waals surface area contributed by atoms with Crippen molar-refractivity contribution in [3.05, 3.63) is 59.4 Å². The zero-order valence-electron chi connectivity index (χ0n) is 10.9. The minimum atomic E-state index is 0.488. The lowest BCUT2D eigenvalue weighted by Gasteiger charge is -2.21. The third-order valence-electron chi connectivity index (χ3n) is 3.04. The first-order valence-electron chi connectivity index (χ1n) is 6.11. The number of aromatic nitrogens is 1. The minimum absolute atomic E-state index is 0.488. The van der Waals surface area contributed by atoms with Crippen LogP contribution < -0.4 is 10.6 Å². The molecule has 18 heavy (non-hydrogen) atoms. The summed E-state index contributed by atoms with van der Waals surface area (Å²) in [4.78, 5) is 6.45. The van der Waals surface area contributed by atoms with Crippen LogP contribution in [0.1, 0.15) is 16.8 Å². The number of benzene rings is 1. The average molecular weight is 241 g/mol. The summed E-state index contributed by atoms with van der Waals surface area (Å²) in [6.07, 6.45) is 1.82. The normalized spacial score (nSPS) is 10.4. The molecule has 2 rings (SSSR count). The highest BCUT2D eigenvalue weighted by Gasteiger charge is 2.05. The molecule has 0 aliphatic rings. The first kappa shape index (κ1) is 12.6. The van der Waals surface area contributed by atoms with E-state index in [2.05, 4.69) is 54.2 Å². The summed E-state index contributed by atoms with van der Waals surface area (Å²) in [6.45, 7) is 3.48. The highest BCUT2D eigenvalue weighted by atomic mass is 15.1. The van der Waals surface area contributed by atoms with Crippen LogP contribution in [0.4, 0.5) is 5.69 Å². The number of pyridine rings is 1. The fraction of sp³-hybridized carbons (Fsp3) is 0.267. The van der Waals surface area contributed by atoms with Gasteiger partial charge in [0.05, 0.1) is 5.69 Å². The molecule has 0 amide bonds. The molecule has 0 unspecified atom stereocenters. The quantitative estimate of drug-likeness (QED) is 0.894. The van der Waals surface area contributed by atoms with Crippen molar-refractivity contribution in [3.63, 3.8) is 0 Å². The van der Waals surface area contributed by atoms with Crippen molar-refractivity contribution in [2.75, 3.05) is 11.9 Å². The molecule has 0 radical (unpaired) electrons. The largest absolute Gasteiger partial charge is 0.370 e. The van der Waals surface area contributed by atoms with Gasteiger partial charge in [-0.3, -0.25) is 4.98 Å². The van der Waals surface area contributed by atoms with E-state index in [9.17, 15) is 0 Å². The summed E-state index contributed by atoms with van der Waals surface area (Å²) in [6, 6.07) is 12.5. The van der Waals surface area contributed by atoms with Gasteiger partial charge in [0.25, 0.3) is 0 Å². The summed E-state index contributed by atoms with van der Waals surface area (Å²) >= 11 is 0. The third kappa shape index (κ3) is 2.87. The Morgan fingerprint density at radius 1 is 1.22 bits per heavy atom. The van der Waals surface area contributed by atoms with Crippen molar-refractivity contribution in [2.24, 2.45) is 5.73 Å². The smallest absolute Gasteiger partial charge is 0.0542 e. The Kier molecular flexibility index (Phi) is 3.95. The van der Waals surface area contributed by atoms with Crippen LogP contribution in [0.2, 0.25) is 0 Å². The van der Waals surface area contributed by atoms with Crippen molar-refractivity contribution < 1.29 is 0 Å². The minimum Gasteiger partial charge on any atom is -0.370 e. The fourth-order valence-electron chi connectivity index (χ4n) is 2.09. The van der Waals surface area contributed by atoms with Crippen LogP contribution in [0.5, 0.6) is 0 Å². The summed E-state index contributed by atoms with van der Waals surface area (Å²) < 4.78 is 0. The van der Waals surface area contributed by atoms with E-state index in [-0.39, 0.29) is 0 Å². The Hall–Kier alpha value is -1.87. The molecule has 0 fully saturated rings. The van der Waals surface area contributed by atoms with Gasteiger partial charge in [0.15, 0.2) is 0 Å². The van der Waals surface area contributed by atoms with Crippen LogP contribution in [0.3, 0.4) is 0 Å². The maximum atomic E-state index is 5.61. The third-order valence-corrected chi connectivity index (χ3v) is 3.04. The Morgan fingerprint density at radius 3 is 2.72 bits per heavy atom. The van der Waals surface area contributed by atoms with Gasteiger partial charge in [0, 0.05) is 32.0 Å². The van der Waals surface area contributed by atoms with Crippen molar-refractivity contribution in [3.8, 4) is 0 Å². The molecule has 1 heterocycles. The number of anilines is 1. The molecule has 0 aliphatic heterocycles. The van der Waals surface area contributed by atoms with E-state index in [1.807, 2.05) is 12.3 Å². The number of para-hydroxylation sites is 1. The van der Waals surface area contributed by atoms with E-state index in [1.54, 1.807) is 0 Å². The second-order valence-corrected chi connectivity index (χ2v) is 4.50. The molecule has 0 saturated heterocycles. The molecule has 1 aromatic heterocycles. The Balaban J connectivity index is 2.16. The molecule has 0 atom stereocenters. The SMILES string of the molecule is Cc1ccccc1N(C)Cc1ccnc(CN)c1. The molecule has 3 nitrogen and oxygen atoms in total. The number of rotatable bonds is 4. The van der Waals surface area contributed by atoms with Gasteiger partial charge in [-0.1, -0.05) is 18.2 Å². The van der Waals surface area contributed by atoms with Gasteiger partial charge >= 0.3 is 0 Å². The van der Waals surface area contributed by atoms with Crippen LogP contribution in [-0.2, 0) is 13.1 Å². The lowest BCUT2D eigenvalue weighted by atomic mass is 10.1. The summed E-state index contributed by atoms with van der Waals surface area (Å²) in [5.41, 5.74) is 10.3. The maximum absolute atomic E-state index is 5.61. The lowest BCUT2D eigenvalue weighted by molar-refractivity contribution is 0.899. The first-order chi connectivity index (χ1) is 8.70. The monoisotopic (exact) mass is 241 g/mol. The summed E-state index contributed by atoms with van der Waals surface area (Å²) in [5, 5.41) is 0. The van der Waals surface area contributed by atoms with Gasteiger partial charge in [-0.15, -0.1) is 0 Å². The molecule has 94 valence electrons. The summed E-state index contributed by atoms with van der Waals surface area (Å²) in [7, 11) is 2.10. The number of nitrogens with zero attached hydrogens (tertiary/aromatic N) is 2. The highest BCUT2D eigenvalue weighted by Crippen LogP contribution is 2.19. The average Bonchev–Trinajstić information content (AvgIpc) is 2.39. The molecule has 0 saturated carbocycles. The number of hydrogen-bond acceptors (Lipinski definition) is 3. The zero-order chi connectivity index (χ0) is 13.0. The predicted octanol–water partition coefficient (Wildman–Crippen LogP) is 2.49. The lowest BCUT2D eigenvalue weighted by Crippen LogP contribution is -2.17. The van der Waals surface area contributed by atoms with E-state index in [0.29, 0.717) is 6.54 Å². The summed E-state index contributed by atoms with van der Waals surface area (Å²) in [5.74, 6) is 0. The Morgan fingerprint density at radius 2 is 2.00 bits per heavy atom. The molecule has 2 N–H and O–H groups in total. The standard InChI is InChI=1S/C15H19N3/c1-12-5-3-4-6-15(12)18(2)11-13-7-8-17-14(9-13)10-16/h3-9H,10-11,16H2,1-2H3. The number of nitrogens with two attached hydrogens (primary N) is 1. The van der Waals surface area contributed by atoms with Gasteiger partial charge in [-0.25, -0.2) is 0 Å². The van der Waals surface area contributed by atoms with Gasteiger partial charge < -0.3 is 10.6 Å². The van der Waals surface area contributed by atoms with E-state index < -0.39 is 0 Å². The molecule has 1 aromatic carbocycles. The second-order valence-electron chi connectivity index (χ2n) is 4.50. The van der Waals surface area contributed by atoms with Crippen LogP contribution in [-0.4, -0.2) is 12.0 Å². The highest BCUT2D eigenvalue weighted by molar-refractivity contribution is 5.52. The molecular formula is C15H19N3. The van der Waals surface area contributed by atoms with Gasteiger partial charge in [-0.2, -0.15) is 0 Å². The van der Waals surface area contributed by atoms with Crippen molar-refractivity contribution in [2.45, 2.75) is 20.0 Å². The second kappa shape index (κ2) is 5.65. The van der Waals surface area contributed by atoms with Crippen LogP contribution in [0.25, 0.3) is 0 Å². The van der Waals surface area contributed by atoms with E-state index in [0.717, 1.165) is 12.2 Å². The molecule has 3 heteroatoms. The van der Waals surface area contributed by atoms with Crippen LogP contribution >= 0.6 is 0 Å². The van der Waals surface area contributed by atoms with Gasteiger partial charge in [0.2, 0.25) is 0 Å². The predicted molar refractivity (Wildman–Crippen MR) is 75.4 cm³/mol.